The highest BCUT2D eigenvalue weighted by Gasteiger charge is 2.14. The number of aryl methyl sites for hydroxylation is 1. The van der Waals surface area contributed by atoms with E-state index >= 15 is 0 Å². The second-order valence-corrected chi connectivity index (χ2v) is 6.68. The van der Waals surface area contributed by atoms with Crippen LogP contribution in [0.25, 0.3) is 0 Å². The molecular formula is C19H32N4. The highest BCUT2D eigenvalue weighted by molar-refractivity contribution is 5.92. The van der Waals surface area contributed by atoms with Gasteiger partial charge in [0.05, 0.1) is 0 Å². The molecule has 1 aromatic carbocycles. The quantitative estimate of drug-likeness (QED) is 0.460. The number of likely N-dealkylation sites (tertiary alicyclic amines) is 1. The summed E-state index contributed by atoms with van der Waals surface area (Å²) in [4.78, 5) is 7.02. The number of nitrogens with two attached hydrogens (primary N) is 1. The fourth-order valence-corrected chi connectivity index (χ4v) is 2.99. The molecule has 1 aliphatic heterocycles. The largest absolute Gasteiger partial charge is 0.370 e. The lowest BCUT2D eigenvalue weighted by atomic mass is 9.99. The Kier molecular flexibility index (Phi) is 7.40. The Morgan fingerprint density at radius 1 is 1.30 bits per heavy atom. The summed E-state index contributed by atoms with van der Waals surface area (Å²) in [6.45, 7) is 9.05. The zero-order valence-corrected chi connectivity index (χ0v) is 14.7. The standard InChI is InChI=1S/C19H32N4/c1-3-17-7-6-8-18(15-17)22-19(20)21-11-4-5-12-23-13-9-16(2)10-14-23/h6-8,15-16H,3-5,9-14H2,1-2H3,(H3,20,21,22). The molecule has 0 atom stereocenters. The van der Waals surface area contributed by atoms with Crippen molar-refractivity contribution in [3.8, 4) is 0 Å². The molecule has 1 aromatic rings. The lowest BCUT2D eigenvalue weighted by Gasteiger charge is -2.30. The average Bonchev–Trinajstić information content (AvgIpc) is 2.56. The summed E-state index contributed by atoms with van der Waals surface area (Å²) in [6, 6.07) is 8.33. The van der Waals surface area contributed by atoms with E-state index in [2.05, 4.69) is 41.2 Å². The number of hydrogen-bond donors (Lipinski definition) is 2. The predicted octanol–water partition coefficient (Wildman–Crippen LogP) is 3.49. The molecule has 1 fully saturated rings. The van der Waals surface area contributed by atoms with Crippen LogP contribution in [0.5, 0.6) is 0 Å². The minimum Gasteiger partial charge on any atom is -0.370 e. The molecule has 0 saturated carbocycles. The summed E-state index contributed by atoms with van der Waals surface area (Å²) in [5.74, 6) is 1.43. The van der Waals surface area contributed by atoms with Gasteiger partial charge in [-0.3, -0.25) is 4.99 Å². The lowest BCUT2D eigenvalue weighted by molar-refractivity contribution is 0.190. The first kappa shape index (κ1) is 17.8. The van der Waals surface area contributed by atoms with Crippen LogP contribution >= 0.6 is 0 Å². The molecular weight excluding hydrogens is 284 g/mol. The fraction of sp³-hybridized carbons (Fsp3) is 0.632. The summed E-state index contributed by atoms with van der Waals surface area (Å²) >= 11 is 0. The molecule has 0 amide bonds. The van der Waals surface area contributed by atoms with Crippen molar-refractivity contribution in [2.45, 2.75) is 46.0 Å². The van der Waals surface area contributed by atoms with Gasteiger partial charge in [-0.05, 0) is 75.4 Å². The van der Waals surface area contributed by atoms with Crippen LogP contribution in [0.3, 0.4) is 0 Å². The predicted molar refractivity (Wildman–Crippen MR) is 100 cm³/mol. The van der Waals surface area contributed by atoms with Crippen LogP contribution < -0.4 is 11.1 Å². The number of hydrogen-bond acceptors (Lipinski definition) is 2. The molecule has 4 heteroatoms. The summed E-state index contributed by atoms with van der Waals surface area (Å²) in [5, 5.41) is 3.18. The molecule has 128 valence electrons. The van der Waals surface area contributed by atoms with Crippen LogP contribution in [0.1, 0.15) is 45.1 Å². The average molecular weight is 316 g/mol. The van der Waals surface area contributed by atoms with Gasteiger partial charge in [-0.25, -0.2) is 0 Å². The van der Waals surface area contributed by atoms with Gasteiger partial charge in [0, 0.05) is 12.2 Å². The van der Waals surface area contributed by atoms with Gasteiger partial charge in [0.25, 0.3) is 0 Å². The summed E-state index contributed by atoms with van der Waals surface area (Å²) in [5.41, 5.74) is 8.29. The Bertz CT molecular complexity index is 490. The highest BCUT2D eigenvalue weighted by atomic mass is 15.1. The molecule has 0 bridgehead atoms. The molecule has 0 unspecified atom stereocenters. The Balaban J connectivity index is 1.63. The van der Waals surface area contributed by atoms with Gasteiger partial charge in [0.1, 0.15) is 0 Å². The van der Waals surface area contributed by atoms with Crippen LogP contribution in [0.15, 0.2) is 29.3 Å². The van der Waals surface area contributed by atoms with E-state index in [1.165, 1.54) is 44.5 Å². The van der Waals surface area contributed by atoms with Gasteiger partial charge in [-0.1, -0.05) is 26.0 Å². The van der Waals surface area contributed by atoms with E-state index in [0.29, 0.717) is 5.96 Å². The number of aliphatic imine (C=N–C) groups is 1. The maximum Gasteiger partial charge on any atom is 0.193 e. The molecule has 2 rings (SSSR count). The van der Waals surface area contributed by atoms with E-state index < -0.39 is 0 Å². The maximum atomic E-state index is 5.97. The number of guanidine groups is 1. The van der Waals surface area contributed by atoms with Gasteiger partial charge < -0.3 is 16.0 Å². The maximum absolute atomic E-state index is 5.97. The number of nitrogens with one attached hydrogen (secondary N) is 1. The van der Waals surface area contributed by atoms with E-state index in [-0.39, 0.29) is 0 Å². The fourth-order valence-electron chi connectivity index (χ4n) is 2.99. The molecule has 4 nitrogen and oxygen atoms in total. The Morgan fingerprint density at radius 2 is 2.09 bits per heavy atom. The minimum absolute atomic E-state index is 0.519. The van der Waals surface area contributed by atoms with Gasteiger partial charge in [0.15, 0.2) is 5.96 Å². The van der Waals surface area contributed by atoms with Gasteiger partial charge in [-0.15, -0.1) is 0 Å². The molecule has 1 aliphatic rings. The summed E-state index contributed by atoms with van der Waals surface area (Å²) < 4.78 is 0. The number of nitrogens with zero attached hydrogens (tertiary/aromatic N) is 2. The van der Waals surface area contributed by atoms with E-state index in [4.69, 9.17) is 5.73 Å². The number of anilines is 1. The topological polar surface area (TPSA) is 53.6 Å². The van der Waals surface area contributed by atoms with E-state index in [1.54, 1.807) is 0 Å². The number of rotatable bonds is 7. The number of benzene rings is 1. The molecule has 23 heavy (non-hydrogen) atoms. The Labute approximate surface area is 141 Å². The molecule has 0 spiro atoms. The van der Waals surface area contributed by atoms with E-state index in [1.807, 2.05) is 12.1 Å². The first-order valence-electron chi connectivity index (χ1n) is 9.05. The second-order valence-electron chi connectivity index (χ2n) is 6.68. The van der Waals surface area contributed by atoms with Gasteiger partial charge >= 0.3 is 0 Å². The third-order valence-corrected chi connectivity index (χ3v) is 4.65. The van der Waals surface area contributed by atoms with E-state index in [0.717, 1.165) is 31.0 Å². The van der Waals surface area contributed by atoms with Crippen molar-refractivity contribution in [1.82, 2.24) is 4.90 Å². The third-order valence-electron chi connectivity index (χ3n) is 4.65. The molecule has 1 saturated heterocycles. The SMILES string of the molecule is CCc1cccc(NC(N)=NCCCCN2CCC(C)CC2)c1. The van der Waals surface area contributed by atoms with Crippen molar-refractivity contribution in [3.63, 3.8) is 0 Å². The first-order chi connectivity index (χ1) is 11.2. The monoisotopic (exact) mass is 316 g/mol. The van der Waals surface area contributed by atoms with Crippen LogP contribution in [-0.4, -0.2) is 37.0 Å². The van der Waals surface area contributed by atoms with Crippen molar-refractivity contribution in [2.75, 3.05) is 31.5 Å². The zero-order valence-electron chi connectivity index (χ0n) is 14.7. The van der Waals surface area contributed by atoms with Crippen LogP contribution in [0.4, 0.5) is 5.69 Å². The number of unbranched alkanes of at least 4 members (excludes halogenated alkanes) is 1. The van der Waals surface area contributed by atoms with Crippen LogP contribution in [0.2, 0.25) is 0 Å². The molecule has 0 aromatic heterocycles. The van der Waals surface area contributed by atoms with Crippen molar-refractivity contribution in [1.29, 1.82) is 0 Å². The van der Waals surface area contributed by atoms with Crippen molar-refractivity contribution in [3.05, 3.63) is 29.8 Å². The van der Waals surface area contributed by atoms with Crippen molar-refractivity contribution in [2.24, 2.45) is 16.6 Å². The highest BCUT2D eigenvalue weighted by Crippen LogP contribution is 2.16. The normalized spacial score (nSPS) is 17.4. The van der Waals surface area contributed by atoms with Crippen LogP contribution in [0, 0.1) is 5.92 Å². The van der Waals surface area contributed by atoms with Gasteiger partial charge in [0.2, 0.25) is 0 Å². The smallest absolute Gasteiger partial charge is 0.193 e. The lowest BCUT2D eigenvalue weighted by Crippen LogP contribution is -2.33. The van der Waals surface area contributed by atoms with Crippen LogP contribution in [-0.2, 0) is 6.42 Å². The summed E-state index contributed by atoms with van der Waals surface area (Å²) in [6.07, 6.45) is 6.04. The minimum atomic E-state index is 0.519. The molecule has 3 N–H and O–H groups in total. The number of piperidine rings is 1. The molecule has 1 heterocycles. The first-order valence-corrected chi connectivity index (χ1v) is 9.05. The third kappa shape index (κ3) is 6.61. The zero-order chi connectivity index (χ0) is 16.5. The van der Waals surface area contributed by atoms with Crippen molar-refractivity contribution < 1.29 is 0 Å². The van der Waals surface area contributed by atoms with Crippen molar-refractivity contribution >= 4 is 11.6 Å². The van der Waals surface area contributed by atoms with Gasteiger partial charge in [-0.2, -0.15) is 0 Å². The Hall–Kier alpha value is -1.55. The second kappa shape index (κ2) is 9.56. The van der Waals surface area contributed by atoms with E-state index in [9.17, 15) is 0 Å². The summed E-state index contributed by atoms with van der Waals surface area (Å²) in [7, 11) is 0. The Morgan fingerprint density at radius 3 is 2.83 bits per heavy atom. The molecule has 0 radical (unpaired) electrons. The molecule has 0 aliphatic carbocycles.